The van der Waals surface area contributed by atoms with Crippen molar-refractivity contribution in [1.29, 1.82) is 0 Å². The fraction of sp³-hybridized carbons (Fsp3) is 0.143. The largest absolute Gasteiger partial charge is 0.497 e. The summed E-state index contributed by atoms with van der Waals surface area (Å²) in [6, 6.07) is 5.36. The maximum absolute atomic E-state index is 5.59. The van der Waals surface area contributed by atoms with Crippen molar-refractivity contribution in [3.63, 3.8) is 0 Å². The molecule has 0 amide bonds. The average Bonchev–Trinajstić information content (AvgIpc) is 2.05. The second-order valence-corrected chi connectivity index (χ2v) is 3.04. The zero-order valence-corrected chi connectivity index (χ0v) is 7.58. The van der Waals surface area contributed by atoms with Gasteiger partial charge in [0.15, 0.2) is 0 Å². The second-order valence-electron chi connectivity index (χ2n) is 1.98. The third-order valence-corrected chi connectivity index (χ3v) is 2.32. The molecule has 0 aliphatic carbocycles. The Kier molecular flexibility index (Phi) is 2.91. The van der Waals surface area contributed by atoms with Crippen molar-refractivity contribution in [3.05, 3.63) is 18.2 Å². The third-order valence-electron chi connectivity index (χ3n) is 1.30. The van der Waals surface area contributed by atoms with Crippen molar-refractivity contribution in [1.82, 2.24) is 0 Å². The van der Waals surface area contributed by atoms with Gasteiger partial charge in [-0.1, -0.05) is 0 Å². The molecule has 0 aliphatic heterocycles. The Bertz CT molecular complexity index is 254. The Labute approximate surface area is 74.2 Å². The summed E-state index contributed by atoms with van der Waals surface area (Å²) in [7, 11) is 8.24. The molecular formula is C7H8ClNOS. The van der Waals surface area contributed by atoms with Gasteiger partial charge in [-0.15, -0.1) is 0 Å². The van der Waals surface area contributed by atoms with E-state index in [9.17, 15) is 0 Å². The molecule has 0 radical (unpaired) electrons. The first kappa shape index (κ1) is 8.56. The lowest BCUT2D eigenvalue weighted by molar-refractivity contribution is 0.414. The third kappa shape index (κ3) is 1.94. The Balaban J connectivity index is 3.02. The molecule has 0 aliphatic rings. The lowest BCUT2D eigenvalue weighted by Gasteiger charge is -2.03. The Morgan fingerprint density at radius 2 is 2.27 bits per heavy atom. The van der Waals surface area contributed by atoms with Gasteiger partial charge in [-0.25, -0.2) is 0 Å². The van der Waals surface area contributed by atoms with Crippen LogP contribution in [0.5, 0.6) is 5.75 Å². The van der Waals surface area contributed by atoms with E-state index < -0.39 is 0 Å². The maximum Gasteiger partial charge on any atom is 0.120 e. The summed E-state index contributed by atoms with van der Waals surface area (Å²) in [5.74, 6) is 0.766. The van der Waals surface area contributed by atoms with Gasteiger partial charge in [-0.05, 0) is 39.9 Å². The number of anilines is 1. The first-order valence-corrected chi connectivity index (χ1v) is 4.64. The van der Waals surface area contributed by atoms with Crippen molar-refractivity contribution in [2.24, 2.45) is 0 Å². The number of hydrogen-bond donors (Lipinski definition) is 1. The van der Waals surface area contributed by atoms with E-state index in [1.807, 2.05) is 0 Å². The summed E-state index contributed by atoms with van der Waals surface area (Å²) >= 11 is 0. The Hall–Kier alpha value is -0.540. The van der Waals surface area contributed by atoms with Crippen LogP contribution in [0.4, 0.5) is 5.69 Å². The molecule has 2 N–H and O–H groups in total. The molecule has 60 valence electrons. The minimum absolute atomic E-state index is 0.672. The smallest absolute Gasteiger partial charge is 0.120 e. The lowest BCUT2D eigenvalue weighted by Crippen LogP contribution is -1.88. The van der Waals surface area contributed by atoms with Crippen LogP contribution in [-0.4, -0.2) is 7.11 Å². The standard InChI is InChI=1S/C7H8ClNOS/c1-10-5-2-3-6(9)7(4-5)11-8/h2-4H,9H2,1H3. The van der Waals surface area contributed by atoms with Gasteiger partial charge < -0.3 is 10.5 Å². The number of nitrogens with two attached hydrogens (primary N) is 1. The molecule has 2 nitrogen and oxygen atoms in total. The van der Waals surface area contributed by atoms with Gasteiger partial charge in [0.1, 0.15) is 5.75 Å². The van der Waals surface area contributed by atoms with Crippen molar-refractivity contribution in [3.8, 4) is 5.75 Å². The summed E-state index contributed by atoms with van der Waals surface area (Å²) < 4.78 is 4.98. The first-order valence-electron chi connectivity index (χ1n) is 3.00. The fourth-order valence-corrected chi connectivity index (χ4v) is 1.43. The van der Waals surface area contributed by atoms with E-state index in [1.54, 1.807) is 25.3 Å². The highest BCUT2D eigenvalue weighted by molar-refractivity contribution is 8.21. The minimum atomic E-state index is 0.672. The Morgan fingerprint density at radius 3 is 2.82 bits per heavy atom. The van der Waals surface area contributed by atoms with Gasteiger partial charge >= 0.3 is 0 Å². The number of ether oxygens (including phenoxy) is 1. The zero-order valence-electron chi connectivity index (χ0n) is 6.00. The van der Waals surface area contributed by atoms with Gasteiger partial charge in [0, 0.05) is 10.6 Å². The molecule has 1 aromatic carbocycles. The van der Waals surface area contributed by atoms with Crippen LogP contribution in [0.1, 0.15) is 0 Å². The molecule has 11 heavy (non-hydrogen) atoms. The first-order chi connectivity index (χ1) is 5.27. The van der Waals surface area contributed by atoms with Crippen LogP contribution in [0, 0.1) is 0 Å². The molecule has 1 rings (SSSR count). The van der Waals surface area contributed by atoms with Crippen LogP contribution < -0.4 is 10.5 Å². The Morgan fingerprint density at radius 1 is 1.55 bits per heavy atom. The van der Waals surface area contributed by atoms with E-state index in [0.717, 1.165) is 21.6 Å². The van der Waals surface area contributed by atoms with E-state index in [4.69, 9.17) is 21.2 Å². The molecule has 0 fully saturated rings. The summed E-state index contributed by atoms with van der Waals surface area (Å²) in [6.07, 6.45) is 0. The number of benzene rings is 1. The normalized spacial score (nSPS) is 9.64. The summed E-state index contributed by atoms with van der Waals surface area (Å²) in [6.45, 7) is 0. The number of halogens is 1. The fourth-order valence-electron chi connectivity index (χ4n) is 0.708. The number of rotatable bonds is 2. The molecule has 0 saturated heterocycles. The van der Waals surface area contributed by atoms with Crippen LogP contribution in [0.25, 0.3) is 0 Å². The summed E-state index contributed by atoms with van der Waals surface area (Å²) in [5, 5.41) is 0. The molecule has 0 saturated carbocycles. The van der Waals surface area contributed by atoms with Crippen LogP contribution in [0.15, 0.2) is 23.1 Å². The quantitative estimate of drug-likeness (QED) is 0.727. The van der Waals surface area contributed by atoms with Gasteiger partial charge in [-0.3, -0.25) is 0 Å². The van der Waals surface area contributed by atoms with Crippen LogP contribution in [-0.2, 0) is 0 Å². The van der Waals surface area contributed by atoms with E-state index in [0.29, 0.717) is 5.69 Å². The predicted molar refractivity (Wildman–Crippen MR) is 49.1 cm³/mol. The number of hydrogen-bond acceptors (Lipinski definition) is 3. The summed E-state index contributed by atoms with van der Waals surface area (Å²) in [4.78, 5) is 0.825. The highest BCUT2D eigenvalue weighted by Gasteiger charge is 1.99. The molecule has 0 heterocycles. The predicted octanol–water partition coefficient (Wildman–Crippen LogP) is 2.52. The molecule has 1 aromatic rings. The van der Waals surface area contributed by atoms with Gasteiger partial charge in [-0.2, -0.15) is 0 Å². The topological polar surface area (TPSA) is 35.2 Å². The van der Waals surface area contributed by atoms with E-state index >= 15 is 0 Å². The number of nitrogen functional groups attached to an aromatic ring is 1. The van der Waals surface area contributed by atoms with Gasteiger partial charge in [0.2, 0.25) is 0 Å². The van der Waals surface area contributed by atoms with Crippen LogP contribution >= 0.6 is 21.7 Å². The van der Waals surface area contributed by atoms with Gasteiger partial charge in [0.25, 0.3) is 0 Å². The van der Waals surface area contributed by atoms with Crippen molar-refractivity contribution >= 4 is 27.3 Å². The molecule has 0 aromatic heterocycles. The van der Waals surface area contributed by atoms with E-state index in [-0.39, 0.29) is 0 Å². The SMILES string of the molecule is COc1ccc(N)c(SCl)c1. The van der Waals surface area contributed by atoms with Crippen molar-refractivity contribution < 1.29 is 4.74 Å². The number of methoxy groups -OCH3 is 1. The second kappa shape index (κ2) is 3.74. The van der Waals surface area contributed by atoms with Crippen LogP contribution in [0.2, 0.25) is 0 Å². The molecular weight excluding hydrogens is 182 g/mol. The highest BCUT2D eigenvalue weighted by Crippen LogP contribution is 2.31. The van der Waals surface area contributed by atoms with Crippen molar-refractivity contribution in [2.75, 3.05) is 12.8 Å². The lowest BCUT2D eigenvalue weighted by atomic mass is 10.3. The molecule has 0 atom stereocenters. The van der Waals surface area contributed by atoms with Gasteiger partial charge in [0.05, 0.1) is 7.11 Å². The summed E-state index contributed by atoms with van der Waals surface area (Å²) in [5.41, 5.74) is 6.27. The molecule has 0 spiro atoms. The monoisotopic (exact) mass is 189 g/mol. The van der Waals surface area contributed by atoms with E-state index in [2.05, 4.69) is 0 Å². The molecule has 0 unspecified atom stereocenters. The highest BCUT2D eigenvalue weighted by atomic mass is 35.7. The van der Waals surface area contributed by atoms with Crippen molar-refractivity contribution in [2.45, 2.75) is 4.90 Å². The minimum Gasteiger partial charge on any atom is -0.497 e. The zero-order chi connectivity index (χ0) is 8.27. The van der Waals surface area contributed by atoms with E-state index in [1.165, 1.54) is 0 Å². The average molecular weight is 190 g/mol. The van der Waals surface area contributed by atoms with Crippen LogP contribution in [0.3, 0.4) is 0 Å². The molecule has 4 heteroatoms. The maximum atomic E-state index is 5.59. The molecule has 0 bridgehead atoms.